The Kier molecular flexibility index (Phi) is 7.00. The van der Waals surface area contributed by atoms with Crippen molar-refractivity contribution < 1.29 is 14.3 Å². The lowest BCUT2D eigenvalue weighted by atomic mass is 10.1. The molecule has 2 aromatic carbocycles. The molecule has 1 heterocycles. The van der Waals surface area contributed by atoms with Crippen molar-refractivity contribution in [2.75, 3.05) is 19.1 Å². The summed E-state index contributed by atoms with van der Waals surface area (Å²) in [6.45, 7) is 0. The Morgan fingerprint density at radius 3 is 2.55 bits per heavy atom. The minimum absolute atomic E-state index is 0.0399. The number of ketones is 1. The lowest BCUT2D eigenvalue weighted by molar-refractivity contribution is -0.118. The van der Waals surface area contributed by atoms with E-state index in [9.17, 15) is 9.59 Å². The number of rotatable bonds is 7. The monoisotopic (exact) mass is 493 g/mol. The Balaban J connectivity index is 1.65. The summed E-state index contributed by atoms with van der Waals surface area (Å²) in [5, 5.41) is 9.88. The molecule has 0 aliphatic carbocycles. The molecule has 0 bridgehead atoms. The molecule has 0 radical (unpaired) electrons. The van der Waals surface area contributed by atoms with Crippen molar-refractivity contribution in [2.24, 2.45) is 0 Å². The van der Waals surface area contributed by atoms with Gasteiger partial charge in [0.1, 0.15) is 10.8 Å². The first-order valence-electron chi connectivity index (χ1n) is 8.61. The van der Waals surface area contributed by atoms with E-state index in [1.54, 1.807) is 25.2 Å². The number of nitrogens with zero attached hydrogens (tertiary/aromatic N) is 3. The van der Waals surface area contributed by atoms with Crippen LogP contribution in [-0.2, 0) is 4.79 Å². The molecule has 9 heteroatoms. The Bertz CT molecular complexity index is 1040. The van der Waals surface area contributed by atoms with Crippen LogP contribution in [0.1, 0.15) is 23.2 Å². The number of halogens is 2. The van der Waals surface area contributed by atoms with Crippen LogP contribution < -0.4 is 9.64 Å². The van der Waals surface area contributed by atoms with Gasteiger partial charge in [-0.1, -0.05) is 51.0 Å². The lowest BCUT2D eigenvalue weighted by Gasteiger charge is -2.13. The summed E-state index contributed by atoms with van der Waals surface area (Å²) in [7, 11) is 3.11. The second kappa shape index (κ2) is 9.47. The van der Waals surface area contributed by atoms with Crippen molar-refractivity contribution in [1.82, 2.24) is 10.2 Å². The van der Waals surface area contributed by atoms with Crippen molar-refractivity contribution in [3.63, 3.8) is 0 Å². The number of benzene rings is 2. The number of hydrogen-bond donors (Lipinski definition) is 0. The van der Waals surface area contributed by atoms with E-state index in [2.05, 4.69) is 26.1 Å². The molecule has 1 aromatic heterocycles. The molecule has 1 amide bonds. The quantitative estimate of drug-likeness (QED) is 0.419. The SMILES string of the molecule is COc1ccc(Cl)cc1C(=O)CCC(=O)N(C)c1nnc(-c2ccc(Br)cc2)s1. The summed E-state index contributed by atoms with van der Waals surface area (Å²) in [6.07, 6.45) is 0.0798. The highest BCUT2D eigenvalue weighted by Gasteiger charge is 2.19. The third-order valence-electron chi connectivity index (χ3n) is 4.19. The maximum absolute atomic E-state index is 12.5. The Morgan fingerprint density at radius 2 is 1.86 bits per heavy atom. The molecule has 0 spiro atoms. The summed E-state index contributed by atoms with van der Waals surface area (Å²) >= 11 is 10.7. The number of amides is 1. The summed E-state index contributed by atoms with van der Waals surface area (Å²) in [6, 6.07) is 12.5. The van der Waals surface area contributed by atoms with Gasteiger partial charge in [0.15, 0.2) is 5.78 Å². The number of carbonyl (C=O) groups excluding carboxylic acids is 2. The Morgan fingerprint density at radius 1 is 1.14 bits per heavy atom. The molecule has 0 N–H and O–H groups in total. The lowest BCUT2D eigenvalue weighted by Crippen LogP contribution is -2.26. The standard InChI is InChI=1S/C20H17BrClN3O3S/c1-25(20-24-23-19(29-20)12-3-5-13(21)6-4-12)18(27)10-8-16(26)15-11-14(22)7-9-17(15)28-2/h3-7,9,11H,8,10H2,1-2H3. The van der Waals surface area contributed by atoms with Crippen molar-refractivity contribution in [2.45, 2.75) is 12.8 Å². The van der Waals surface area contributed by atoms with Crippen LogP contribution in [0.25, 0.3) is 10.6 Å². The number of hydrogen-bond acceptors (Lipinski definition) is 6. The van der Waals surface area contributed by atoms with E-state index in [1.165, 1.54) is 23.3 Å². The van der Waals surface area contributed by atoms with E-state index < -0.39 is 0 Å². The first-order chi connectivity index (χ1) is 13.9. The first-order valence-corrected chi connectivity index (χ1v) is 10.6. The molecule has 0 saturated heterocycles. The fourth-order valence-electron chi connectivity index (χ4n) is 2.59. The van der Waals surface area contributed by atoms with Gasteiger partial charge in [0, 0.05) is 34.9 Å². The molecule has 0 unspecified atom stereocenters. The van der Waals surface area contributed by atoms with Crippen LogP contribution >= 0.6 is 38.9 Å². The second-order valence-corrected chi connectivity index (χ2v) is 8.43. The predicted molar refractivity (Wildman–Crippen MR) is 118 cm³/mol. The fourth-order valence-corrected chi connectivity index (χ4v) is 3.85. The van der Waals surface area contributed by atoms with E-state index in [0.717, 1.165) is 10.0 Å². The normalized spacial score (nSPS) is 10.6. The topological polar surface area (TPSA) is 72.4 Å². The van der Waals surface area contributed by atoms with Gasteiger partial charge in [-0.05, 0) is 30.3 Å². The van der Waals surface area contributed by atoms with Crippen molar-refractivity contribution in [3.05, 3.63) is 57.5 Å². The maximum Gasteiger partial charge on any atom is 0.229 e. The van der Waals surface area contributed by atoms with Gasteiger partial charge in [0.05, 0.1) is 12.7 Å². The van der Waals surface area contributed by atoms with Crippen LogP contribution in [0.4, 0.5) is 5.13 Å². The molecule has 3 aromatic rings. The van der Waals surface area contributed by atoms with E-state index in [-0.39, 0.29) is 24.5 Å². The molecule has 0 aliphatic heterocycles. The molecule has 29 heavy (non-hydrogen) atoms. The average molecular weight is 495 g/mol. The summed E-state index contributed by atoms with van der Waals surface area (Å²) < 4.78 is 6.17. The smallest absolute Gasteiger partial charge is 0.229 e. The third kappa shape index (κ3) is 5.20. The van der Waals surface area contributed by atoms with Gasteiger partial charge in [-0.2, -0.15) is 0 Å². The maximum atomic E-state index is 12.5. The molecular weight excluding hydrogens is 478 g/mol. The minimum atomic E-state index is -0.224. The molecule has 0 atom stereocenters. The van der Waals surface area contributed by atoms with Crippen LogP contribution in [0, 0.1) is 0 Å². The average Bonchev–Trinajstić information content (AvgIpc) is 3.21. The van der Waals surface area contributed by atoms with E-state index in [4.69, 9.17) is 16.3 Å². The van der Waals surface area contributed by atoms with Crippen LogP contribution in [0.15, 0.2) is 46.9 Å². The molecule has 0 aliphatic rings. The van der Waals surface area contributed by atoms with Gasteiger partial charge in [-0.25, -0.2) is 0 Å². The van der Waals surface area contributed by atoms with E-state index in [0.29, 0.717) is 26.5 Å². The largest absolute Gasteiger partial charge is 0.496 e. The van der Waals surface area contributed by atoms with Crippen molar-refractivity contribution in [1.29, 1.82) is 0 Å². The molecule has 3 rings (SSSR count). The molecule has 6 nitrogen and oxygen atoms in total. The zero-order chi connectivity index (χ0) is 21.0. The number of anilines is 1. The summed E-state index contributed by atoms with van der Waals surface area (Å²) in [5.41, 5.74) is 1.28. The van der Waals surface area contributed by atoms with Crippen LogP contribution in [0.2, 0.25) is 5.02 Å². The Labute approximate surface area is 185 Å². The highest BCUT2D eigenvalue weighted by molar-refractivity contribution is 9.10. The second-order valence-electron chi connectivity index (χ2n) is 6.12. The van der Waals surface area contributed by atoms with Gasteiger partial charge < -0.3 is 4.74 Å². The molecular formula is C20H17BrClN3O3S. The van der Waals surface area contributed by atoms with Crippen molar-refractivity contribution in [3.8, 4) is 16.3 Å². The number of ether oxygens (including phenoxy) is 1. The summed E-state index contributed by atoms with van der Waals surface area (Å²) in [4.78, 5) is 26.5. The zero-order valence-corrected chi connectivity index (χ0v) is 18.8. The van der Waals surface area contributed by atoms with Gasteiger partial charge in [0.25, 0.3) is 0 Å². The predicted octanol–water partition coefficient (Wildman–Crippen LogP) is 5.26. The summed E-state index contributed by atoms with van der Waals surface area (Å²) in [5.74, 6) is 0.000216. The zero-order valence-electron chi connectivity index (χ0n) is 15.7. The number of carbonyl (C=O) groups is 2. The number of methoxy groups -OCH3 is 1. The Hall–Kier alpha value is -2.29. The number of Topliss-reactive ketones (excluding diaryl/α,β-unsaturated/α-hetero) is 1. The molecule has 150 valence electrons. The fraction of sp³-hybridized carbons (Fsp3) is 0.200. The minimum Gasteiger partial charge on any atom is -0.496 e. The third-order valence-corrected chi connectivity index (χ3v) is 6.01. The van der Waals surface area contributed by atoms with E-state index in [1.807, 2.05) is 24.3 Å². The van der Waals surface area contributed by atoms with Gasteiger partial charge in [-0.3, -0.25) is 14.5 Å². The molecule has 0 fully saturated rings. The van der Waals surface area contributed by atoms with Crippen LogP contribution in [0.3, 0.4) is 0 Å². The molecule has 0 saturated carbocycles. The van der Waals surface area contributed by atoms with Gasteiger partial charge >= 0.3 is 0 Å². The highest BCUT2D eigenvalue weighted by atomic mass is 79.9. The first kappa shape index (κ1) is 21.4. The van der Waals surface area contributed by atoms with Gasteiger partial charge in [0.2, 0.25) is 11.0 Å². The highest BCUT2D eigenvalue weighted by Crippen LogP contribution is 2.29. The van der Waals surface area contributed by atoms with E-state index >= 15 is 0 Å². The van der Waals surface area contributed by atoms with Crippen LogP contribution in [-0.4, -0.2) is 36.0 Å². The van der Waals surface area contributed by atoms with Crippen LogP contribution in [0.5, 0.6) is 5.75 Å². The number of aromatic nitrogens is 2. The van der Waals surface area contributed by atoms with Gasteiger partial charge in [-0.15, -0.1) is 10.2 Å². The van der Waals surface area contributed by atoms with Crippen molar-refractivity contribution >= 4 is 55.7 Å².